The van der Waals surface area contributed by atoms with Gasteiger partial charge in [0.1, 0.15) is 5.75 Å². The molecular formula is C22H22N6O2. The predicted octanol–water partition coefficient (Wildman–Crippen LogP) is 1.87. The van der Waals surface area contributed by atoms with Gasteiger partial charge in [-0.1, -0.05) is 0 Å². The molecule has 1 aliphatic heterocycles. The molecule has 0 bridgehead atoms. The van der Waals surface area contributed by atoms with Crippen LogP contribution in [-0.4, -0.2) is 41.3 Å². The molecule has 8 heteroatoms. The van der Waals surface area contributed by atoms with Gasteiger partial charge in [0.05, 0.1) is 30.5 Å². The lowest BCUT2D eigenvalue weighted by molar-refractivity contribution is 0.390. The highest BCUT2D eigenvalue weighted by Crippen LogP contribution is 2.29. The number of hydrogen-bond donors (Lipinski definition) is 1. The van der Waals surface area contributed by atoms with E-state index in [1.165, 1.54) is 6.07 Å². The number of nitriles is 1. The molecule has 8 nitrogen and oxygen atoms in total. The van der Waals surface area contributed by atoms with Crippen LogP contribution in [0.4, 0.5) is 5.95 Å². The van der Waals surface area contributed by atoms with Crippen LogP contribution in [0, 0.1) is 11.3 Å². The molecule has 0 spiro atoms. The summed E-state index contributed by atoms with van der Waals surface area (Å²) < 4.78 is 7.08. The van der Waals surface area contributed by atoms with Gasteiger partial charge in [-0.3, -0.25) is 14.3 Å². The van der Waals surface area contributed by atoms with Gasteiger partial charge in [-0.2, -0.15) is 5.26 Å². The Kier molecular flexibility index (Phi) is 5.46. The van der Waals surface area contributed by atoms with Crippen LogP contribution < -0.4 is 20.5 Å². The maximum atomic E-state index is 12.6. The quantitative estimate of drug-likeness (QED) is 0.712. The fourth-order valence-electron chi connectivity index (χ4n) is 3.70. The molecule has 1 saturated heterocycles. The maximum absolute atomic E-state index is 12.6. The van der Waals surface area contributed by atoms with E-state index in [-0.39, 0.29) is 11.6 Å². The Balaban J connectivity index is 1.70. The summed E-state index contributed by atoms with van der Waals surface area (Å²) in [6.45, 7) is 2.00. The summed E-state index contributed by atoms with van der Waals surface area (Å²) in [4.78, 5) is 23.5. The van der Waals surface area contributed by atoms with Gasteiger partial charge in [0.2, 0.25) is 5.95 Å². The number of nitrogens with one attached hydrogen (secondary N) is 1. The molecule has 0 saturated carbocycles. The zero-order valence-electron chi connectivity index (χ0n) is 16.9. The normalized spacial score (nSPS) is 16.2. The van der Waals surface area contributed by atoms with Crippen molar-refractivity contribution in [3.8, 4) is 23.1 Å². The smallest absolute Gasteiger partial charge is 0.255 e. The molecule has 1 fully saturated rings. The van der Waals surface area contributed by atoms with Crippen molar-refractivity contribution in [1.29, 1.82) is 5.26 Å². The summed E-state index contributed by atoms with van der Waals surface area (Å²) in [5, 5.41) is 12.8. The average molecular weight is 402 g/mol. The zero-order chi connectivity index (χ0) is 21.1. The molecule has 3 heterocycles. The van der Waals surface area contributed by atoms with Crippen molar-refractivity contribution in [2.45, 2.75) is 6.04 Å². The van der Waals surface area contributed by atoms with Gasteiger partial charge in [0, 0.05) is 56.3 Å². The van der Waals surface area contributed by atoms with Crippen LogP contribution in [-0.2, 0) is 7.05 Å². The Labute approximate surface area is 174 Å². The van der Waals surface area contributed by atoms with E-state index in [1.807, 2.05) is 24.3 Å². The highest BCUT2D eigenvalue weighted by Gasteiger charge is 2.26. The largest absolute Gasteiger partial charge is 0.496 e. The summed E-state index contributed by atoms with van der Waals surface area (Å²) in [7, 11) is 3.35. The van der Waals surface area contributed by atoms with E-state index in [0.29, 0.717) is 36.8 Å². The highest BCUT2D eigenvalue weighted by atomic mass is 16.5. The van der Waals surface area contributed by atoms with Gasteiger partial charge >= 0.3 is 0 Å². The Bertz CT molecular complexity index is 1150. The molecule has 30 heavy (non-hydrogen) atoms. The zero-order valence-corrected chi connectivity index (χ0v) is 16.9. The molecule has 1 aromatic carbocycles. The molecule has 0 aliphatic carbocycles. The predicted molar refractivity (Wildman–Crippen MR) is 113 cm³/mol. The van der Waals surface area contributed by atoms with Gasteiger partial charge in [-0.15, -0.1) is 0 Å². The van der Waals surface area contributed by atoms with Crippen LogP contribution in [0.1, 0.15) is 17.2 Å². The van der Waals surface area contributed by atoms with E-state index >= 15 is 0 Å². The molecule has 3 aromatic rings. The van der Waals surface area contributed by atoms with E-state index in [9.17, 15) is 10.1 Å². The average Bonchev–Trinajstić information content (AvgIpc) is 2.81. The summed E-state index contributed by atoms with van der Waals surface area (Å²) in [5.41, 5.74) is 2.84. The second-order valence-electron chi connectivity index (χ2n) is 7.10. The van der Waals surface area contributed by atoms with E-state index < -0.39 is 0 Å². The molecule has 1 atom stereocenters. The minimum absolute atomic E-state index is 0.0662. The standard InChI is InChI=1S/C22H22N6O2/c1-27-21(29)12-18(16-5-7-24-8-6-16)26-22(27)28-10-9-25-19(14-28)17-11-15(13-23)3-4-20(17)30-2/h3-8,11-12,19,25H,9-10,14H2,1-2H3. The molecule has 0 radical (unpaired) electrons. The van der Waals surface area contributed by atoms with Gasteiger partial charge in [-0.25, -0.2) is 4.98 Å². The van der Waals surface area contributed by atoms with Crippen molar-refractivity contribution < 1.29 is 4.74 Å². The van der Waals surface area contributed by atoms with E-state index in [1.54, 1.807) is 37.2 Å². The van der Waals surface area contributed by atoms with E-state index in [2.05, 4.69) is 21.3 Å². The number of rotatable bonds is 4. The van der Waals surface area contributed by atoms with Crippen LogP contribution in [0.2, 0.25) is 0 Å². The number of anilines is 1. The first-order valence-corrected chi connectivity index (χ1v) is 9.65. The van der Waals surface area contributed by atoms with Crippen LogP contribution in [0.15, 0.2) is 53.6 Å². The van der Waals surface area contributed by atoms with Crippen LogP contribution in [0.3, 0.4) is 0 Å². The third-order valence-electron chi connectivity index (χ3n) is 5.28. The first-order chi connectivity index (χ1) is 14.6. The molecule has 1 N–H and O–H groups in total. The number of methoxy groups -OCH3 is 1. The lowest BCUT2D eigenvalue weighted by Gasteiger charge is -2.35. The minimum Gasteiger partial charge on any atom is -0.496 e. The highest BCUT2D eigenvalue weighted by molar-refractivity contribution is 5.59. The molecule has 152 valence electrons. The van der Waals surface area contributed by atoms with Crippen LogP contribution in [0.25, 0.3) is 11.3 Å². The summed E-state index contributed by atoms with van der Waals surface area (Å²) >= 11 is 0. The van der Waals surface area contributed by atoms with Gasteiger partial charge < -0.3 is 15.0 Å². The number of aromatic nitrogens is 3. The number of piperazine rings is 1. The Morgan fingerprint density at radius 2 is 2.03 bits per heavy atom. The molecule has 0 amide bonds. The summed E-state index contributed by atoms with van der Waals surface area (Å²) in [6, 6.07) is 12.7. The molecule has 4 rings (SSSR count). The maximum Gasteiger partial charge on any atom is 0.255 e. The molecule has 1 aliphatic rings. The number of pyridine rings is 1. The lowest BCUT2D eigenvalue weighted by atomic mass is 10.0. The monoisotopic (exact) mass is 402 g/mol. The molecular weight excluding hydrogens is 380 g/mol. The molecule has 1 unspecified atom stereocenters. The van der Waals surface area contributed by atoms with E-state index in [4.69, 9.17) is 9.72 Å². The first kappa shape index (κ1) is 19.6. The second-order valence-corrected chi connectivity index (χ2v) is 7.10. The van der Waals surface area contributed by atoms with Gasteiger partial charge in [0.25, 0.3) is 5.56 Å². The van der Waals surface area contributed by atoms with Crippen LogP contribution in [0.5, 0.6) is 5.75 Å². The Morgan fingerprint density at radius 3 is 2.77 bits per heavy atom. The first-order valence-electron chi connectivity index (χ1n) is 9.65. The van der Waals surface area contributed by atoms with Crippen molar-refractivity contribution in [3.05, 3.63) is 70.3 Å². The fraction of sp³-hybridized carbons (Fsp3) is 0.273. The van der Waals surface area contributed by atoms with Crippen molar-refractivity contribution in [1.82, 2.24) is 19.9 Å². The summed E-state index contributed by atoms with van der Waals surface area (Å²) in [5.74, 6) is 1.33. The minimum atomic E-state index is -0.119. The molecule has 2 aromatic heterocycles. The number of benzene rings is 1. The lowest BCUT2D eigenvalue weighted by Crippen LogP contribution is -2.48. The van der Waals surface area contributed by atoms with E-state index in [0.717, 1.165) is 16.9 Å². The van der Waals surface area contributed by atoms with Crippen molar-refractivity contribution in [2.24, 2.45) is 7.05 Å². The number of ether oxygens (including phenoxy) is 1. The third-order valence-corrected chi connectivity index (χ3v) is 5.28. The Morgan fingerprint density at radius 1 is 1.23 bits per heavy atom. The van der Waals surface area contributed by atoms with Crippen molar-refractivity contribution in [3.63, 3.8) is 0 Å². The number of hydrogen-bond acceptors (Lipinski definition) is 7. The van der Waals surface area contributed by atoms with Crippen molar-refractivity contribution >= 4 is 5.95 Å². The van der Waals surface area contributed by atoms with Crippen LogP contribution >= 0.6 is 0 Å². The van der Waals surface area contributed by atoms with Crippen molar-refractivity contribution in [2.75, 3.05) is 31.6 Å². The Hall–Kier alpha value is -3.70. The van der Waals surface area contributed by atoms with Gasteiger partial charge in [0.15, 0.2) is 0 Å². The fourth-order valence-corrected chi connectivity index (χ4v) is 3.70. The topological polar surface area (TPSA) is 96.1 Å². The second kappa shape index (κ2) is 8.35. The summed E-state index contributed by atoms with van der Waals surface area (Å²) in [6.07, 6.45) is 3.37. The van der Waals surface area contributed by atoms with Gasteiger partial charge in [-0.05, 0) is 30.3 Å². The number of nitrogens with zero attached hydrogens (tertiary/aromatic N) is 5. The SMILES string of the molecule is COc1ccc(C#N)cc1C1CN(c2nc(-c3ccncc3)cc(=O)n2C)CCN1. The third kappa shape index (κ3) is 3.75.